The molecule has 0 fully saturated rings. The zero-order valence-electron chi connectivity index (χ0n) is 11.3. The van der Waals surface area contributed by atoms with Crippen molar-refractivity contribution in [2.24, 2.45) is 12.8 Å². The van der Waals surface area contributed by atoms with Gasteiger partial charge >= 0.3 is 5.69 Å². The van der Waals surface area contributed by atoms with Gasteiger partial charge in [-0.05, 0) is 38.5 Å². The van der Waals surface area contributed by atoms with Crippen LogP contribution in [0, 0.1) is 6.92 Å². The monoisotopic (exact) mass is 245 g/mol. The van der Waals surface area contributed by atoms with Crippen LogP contribution >= 0.6 is 0 Å². The van der Waals surface area contributed by atoms with Crippen LogP contribution in [-0.2, 0) is 12.6 Å². The maximum atomic E-state index is 12.0. The lowest BCUT2D eigenvalue weighted by molar-refractivity contribution is 0.554. The van der Waals surface area contributed by atoms with Crippen molar-refractivity contribution in [3.05, 3.63) is 52.2 Å². The van der Waals surface area contributed by atoms with Gasteiger partial charge in [0, 0.05) is 24.5 Å². The molecule has 0 aliphatic heterocycles. The molecule has 0 saturated carbocycles. The van der Waals surface area contributed by atoms with E-state index in [0.717, 1.165) is 16.9 Å². The SMILES string of the molecule is Cc1cn(C)c(=O)n1-c1ccc(C(C)(C)N)cc1. The van der Waals surface area contributed by atoms with E-state index in [1.54, 1.807) is 16.2 Å². The number of imidazole rings is 1. The smallest absolute Gasteiger partial charge is 0.322 e. The first-order valence-corrected chi connectivity index (χ1v) is 5.95. The fraction of sp³-hybridized carbons (Fsp3) is 0.357. The van der Waals surface area contributed by atoms with Gasteiger partial charge in [-0.3, -0.25) is 4.57 Å². The van der Waals surface area contributed by atoms with E-state index in [4.69, 9.17) is 5.73 Å². The molecular weight excluding hydrogens is 226 g/mol. The van der Waals surface area contributed by atoms with E-state index in [1.165, 1.54) is 0 Å². The van der Waals surface area contributed by atoms with E-state index < -0.39 is 0 Å². The van der Waals surface area contributed by atoms with Crippen LogP contribution in [0.1, 0.15) is 25.1 Å². The molecule has 0 spiro atoms. The molecule has 18 heavy (non-hydrogen) atoms. The van der Waals surface area contributed by atoms with Crippen molar-refractivity contribution in [3.8, 4) is 5.69 Å². The molecule has 1 aromatic heterocycles. The van der Waals surface area contributed by atoms with Gasteiger partial charge in [0.25, 0.3) is 0 Å². The molecule has 0 unspecified atom stereocenters. The Bertz CT molecular complexity index is 612. The van der Waals surface area contributed by atoms with E-state index in [9.17, 15) is 4.79 Å². The van der Waals surface area contributed by atoms with Crippen LogP contribution in [0.4, 0.5) is 0 Å². The molecule has 1 heterocycles. The second kappa shape index (κ2) is 4.14. The van der Waals surface area contributed by atoms with Gasteiger partial charge in [-0.25, -0.2) is 4.79 Å². The van der Waals surface area contributed by atoms with E-state index in [0.29, 0.717) is 0 Å². The van der Waals surface area contributed by atoms with Crippen molar-refractivity contribution >= 4 is 0 Å². The number of benzene rings is 1. The summed E-state index contributed by atoms with van der Waals surface area (Å²) in [5.41, 5.74) is 8.47. The summed E-state index contributed by atoms with van der Waals surface area (Å²) in [6.45, 7) is 5.84. The van der Waals surface area contributed by atoms with E-state index in [2.05, 4.69) is 0 Å². The lowest BCUT2D eigenvalue weighted by Crippen LogP contribution is -2.28. The zero-order valence-corrected chi connectivity index (χ0v) is 11.3. The maximum Gasteiger partial charge on any atom is 0.332 e. The fourth-order valence-electron chi connectivity index (χ4n) is 2.06. The zero-order chi connectivity index (χ0) is 13.5. The minimum absolute atomic E-state index is 0.0349. The van der Waals surface area contributed by atoms with Crippen LogP contribution in [0.2, 0.25) is 0 Å². The van der Waals surface area contributed by atoms with Crippen molar-refractivity contribution in [3.63, 3.8) is 0 Å². The molecule has 1 aromatic carbocycles. The van der Waals surface area contributed by atoms with Gasteiger partial charge in [-0.2, -0.15) is 0 Å². The highest BCUT2D eigenvalue weighted by molar-refractivity contribution is 5.38. The van der Waals surface area contributed by atoms with Crippen molar-refractivity contribution < 1.29 is 0 Å². The quantitative estimate of drug-likeness (QED) is 0.875. The topological polar surface area (TPSA) is 53.0 Å². The predicted octanol–water partition coefficient (Wildman–Crippen LogP) is 1.68. The molecule has 0 radical (unpaired) electrons. The second-order valence-electron chi connectivity index (χ2n) is 5.27. The minimum atomic E-state index is -0.366. The lowest BCUT2D eigenvalue weighted by Gasteiger charge is -2.19. The average Bonchev–Trinajstić information content (AvgIpc) is 2.52. The first-order valence-electron chi connectivity index (χ1n) is 5.95. The Labute approximate surface area is 107 Å². The fourth-order valence-corrected chi connectivity index (χ4v) is 2.06. The molecule has 4 nitrogen and oxygen atoms in total. The molecule has 0 saturated heterocycles. The van der Waals surface area contributed by atoms with E-state index in [-0.39, 0.29) is 11.2 Å². The predicted molar refractivity (Wildman–Crippen MR) is 73.0 cm³/mol. The third-order valence-electron chi connectivity index (χ3n) is 3.10. The number of aromatic nitrogens is 2. The highest BCUT2D eigenvalue weighted by Crippen LogP contribution is 2.18. The Hall–Kier alpha value is -1.81. The van der Waals surface area contributed by atoms with Crippen LogP contribution in [0.15, 0.2) is 35.3 Å². The summed E-state index contributed by atoms with van der Waals surface area (Å²) in [6, 6.07) is 7.79. The normalized spacial score (nSPS) is 11.8. The van der Waals surface area contributed by atoms with Crippen LogP contribution in [0.3, 0.4) is 0 Å². The highest BCUT2D eigenvalue weighted by atomic mass is 16.1. The average molecular weight is 245 g/mol. The molecule has 0 amide bonds. The van der Waals surface area contributed by atoms with Crippen LogP contribution in [-0.4, -0.2) is 9.13 Å². The Morgan fingerprint density at radius 2 is 1.72 bits per heavy atom. The minimum Gasteiger partial charge on any atom is -0.322 e. The molecule has 96 valence electrons. The Morgan fingerprint density at radius 3 is 2.11 bits per heavy atom. The number of nitrogens with two attached hydrogens (primary N) is 1. The summed E-state index contributed by atoms with van der Waals surface area (Å²) in [6.07, 6.45) is 1.82. The van der Waals surface area contributed by atoms with Gasteiger partial charge in [-0.15, -0.1) is 0 Å². The Morgan fingerprint density at radius 1 is 1.17 bits per heavy atom. The number of rotatable bonds is 2. The van der Waals surface area contributed by atoms with Gasteiger partial charge in [-0.1, -0.05) is 12.1 Å². The van der Waals surface area contributed by atoms with Crippen LogP contribution < -0.4 is 11.4 Å². The van der Waals surface area contributed by atoms with E-state index >= 15 is 0 Å². The molecule has 4 heteroatoms. The van der Waals surface area contributed by atoms with Crippen molar-refractivity contribution in [1.82, 2.24) is 9.13 Å². The largest absolute Gasteiger partial charge is 0.332 e. The molecule has 0 atom stereocenters. The molecule has 0 bridgehead atoms. The lowest BCUT2D eigenvalue weighted by atomic mass is 9.95. The van der Waals surface area contributed by atoms with Crippen molar-refractivity contribution in [1.29, 1.82) is 0 Å². The first kappa shape index (κ1) is 12.6. The third kappa shape index (κ3) is 2.11. The third-order valence-corrected chi connectivity index (χ3v) is 3.10. The number of hydrogen-bond donors (Lipinski definition) is 1. The summed E-state index contributed by atoms with van der Waals surface area (Å²) >= 11 is 0. The van der Waals surface area contributed by atoms with Gasteiger partial charge < -0.3 is 10.3 Å². The molecule has 2 aromatic rings. The first-order chi connectivity index (χ1) is 8.30. The number of hydrogen-bond acceptors (Lipinski definition) is 2. The van der Waals surface area contributed by atoms with Gasteiger partial charge in [0.15, 0.2) is 0 Å². The molecule has 0 aliphatic carbocycles. The van der Waals surface area contributed by atoms with Crippen molar-refractivity contribution in [2.45, 2.75) is 26.3 Å². The van der Waals surface area contributed by atoms with Gasteiger partial charge in [0.1, 0.15) is 0 Å². The van der Waals surface area contributed by atoms with E-state index in [1.807, 2.05) is 51.2 Å². The molecule has 2 N–H and O–H groups in total. The molecule has 0 aliphatic rings. The summed E-state index contributed by atoms with van der Waals surface area (Å²) in [5, 5.41) is 0. The van der Waals surface area contributed by atoms with Crippen LogP contribution in [0.25, 0.3) is 5.69 Å². The van der Waals surface area contributed by atoms with Crippen LogP contribution in [0.5, 0.6) is 0 Å². The van der Waals surface area contributed by atoms with Crippen molar-refractivity contribution in [2.75, 3.05) is 0 Å². The molecule has 2 rings (SSSR count). The Kier molecular flexibility index (Phi) is 2.91. The van der Waals surface area contributed by atoms with Gasteiger partial charge in [0.2, 0.25) is 0 Å². The second-order valence-corrected chi connectivity index (χ2v) is 5.27. The number of nitrogens with zero attached hydrogens (tertiary/aromatic N) is 2. The molecular formula is C14H19N3O. The number of aryl methyl sites for hydroxylation is 2. The maximum absolute atomic E-state index is 12.0. The highest BCUT2D eigenvalue weighted by Gasteiger charge is 2.14. The standard InChI is InChI=1S/C14H19N3O/c1-10-9-16(4)13(18)17(10)12-7-5-11(6-8-12)14(2,3)15/h5-9H,15H2,1-4H3. The summed E-state index contributed by atoms with van der Waals surface area (Å²) in [5.74, 6) is 0. The Balaban J connectivity index is 2.50. The summed E-state index contributed by atoms with van der Waals surface area (Å²) < 4.78 is 3.27. The van der Waals surface area contributed by atoms with Gasteiger partial charge in [0.05, 0.1) is 5.69 Å². The summed E-state index contributed by atoms with van der Waals surface area (Å²) in [7, 11) is 1.75. The summed E-state index contributed by atoms with van der Waals surface area (Å²) in [4.78, 5) is 12.0.